The van der Waals surface area contributed by atoms with Gasteiger partial charge < -0.3 is 10.1 Å². The summed E-state index contributed by atoms with van der Waals surface area (Å²) in [6.07, 6.45) is 1.77. The molecular weight excluding hydrogens is 286 g/mol. The fourth-order valence-electron chi connectivity index (χ4n) is 2.23. The molecule has 3 heterocycles. The summed E-state index contributed by atoms with van der Waals surface area (Å²) >= 11 is 1.61. The molecule has 0 unspecified atom stereocenters. The molecule has 0 saturated carbocycles. The van der Waals surface area contributed by atoms with Crippen LogP contribution in [0, 0.1) is 0 Å². The number of phenols is 1. The number of H-pyrrole nitrogens is 1. The normalized spacial score (nSPS) is 11.2. The Morgan fingerprint density at radius 1 is 1.19 bits per heavy atom. The second-order valence-electron chi connectivity index (χ2n) is 4.64. The minimum absolute atomic E-state index is 0.0423. The van der Waals surface area contributed by atoms with Crippen LogP contribution in [0.1, 0.15) is 0 Å². The summed E-state index contributed by atoms with van der Waals surface area (Å²) in [5.74, 6) is 0.467. The monoisotopic (exact) mass is 295 g/mol. The molecule has 6 heteroatoms. The van der Waals surface area contributed by atoms with Crippen LogP contribution >= 0.6 is 11.3 Å². The predicted octanol–water partition coefficient (Wildman–Crippen LogP) is 2.91. The number of pyridine rings is 1. The molecule has 0 aliphatic heterocycles. The van der Waals surface area contributed by atoms with Crippen LogP contribution in [0.15, 0.2) is 46.7 Å². The van der Waals surface area contributed by atoms with Crippen molar-refractivity contribution in [2.75, 3.05) is 0 Å². The van der Waals surface area contributed by atoms with Crippen molar-refractivity contribution in [1.82, 2.24) is 15.0 Å². The Morgan fingerprint density at radius 2 is 2.10 bits per heavy atom. The largest absolute Gasteiger partial charge is 0.508 e. The third-order valence-electron chi connectivity index (χ3n) is 3.27. The zero-order valence-electron chi connectivity index (χ0n) is 10.7. The number of aromatic amines is 1. The Kier molecular flexibility index (Phi) is 2.52. The number of thiophene rings is 1. The van der Waals surface area contributed by atoms with Crippen molar-refractivity contribution in [1.29, 1.82) is 0 Å². The lowest BCUT2D eigenvalue weighted by Gasteiger charge is -2.03. The van der Waals surface area contributed by atoms with Gasteiger partial charge in [0.2, 0.25) is 0 Å². The zero-order valence-corrected chi connectivity index (χ0v) is 11.5. The molecule has 0 bridgehead atoms. The molecule has 4 aromatic rings. The van der Waals surface area contributed by atoms with Crippen molar-refractivity contribution >= 4 is 32.3 Å². The van der Waals surface area contributed by atoms with E-state index in [1.807, 2.05) is 17.5 Å². The average Bonchev–Trinajstić information content (AvgIpc) is 2.95. The van der Waals surface area contributed by atoms with Crippen molar-refractivity contribution in [3.63, 3.8) is 0 Å². The van der Waals surface area contributed by atoms with Gasteiger partial charge in [-0.25, -0.2) is 4.98 Å². The van der Waals surface area contributed by atoms with Crippen LogP contribution in [0.3, 0.4) is 0 Å². The molecule has 102 valence electrons. The number of aromatic nitrogens is 3. The second kappa shape index (κ2) is 4.39. The summed E-state index contributed by atoms with van der Waals surface area (Å²) in [7, 11) is 0. The number of hydrogen-bond donors (Lipinski definition) is 2. The SMILES string of the molecule is O=c1[nH]c(-c2cc3sccc3cn2)nc2ccc(O)cc12. The highest BCUT2D eigenvalue weighted by Crippen LogP contribution is 2.24. The number of aromatic hydroxyl groups is 1. The van der Waals surface area contributed by atoms with Gasteiger partial charge in [0.1, 0.15) is 11.4 Å². The van der Waals surface area contributed by atoms with Gasteiger partial charge in [-0.3, -0.25) is 9.78 Å². The van der Waals surface area contributed by atoms with Gasteiger partial charge >= 0.3 is 0 Å². The Hall–Kier alpha value is -2.73. The molecule has 0 radical (unpaired) electrons. The van der Waals surface area contributed by atoms with Crippen molar-refractivity contribution in [3.05, 3.63) is 52.3 Å². The number of phenolic OH excluding ortho intramolecular Hbond substituents is 1. The van der Waals surface area contributed by atoms with Crippen LogP contribution < -0.4 is 5.56 Å². The predicted molar refractivity (Wildman–Crippen MR) is 82.6 cm³/mol. The van der Waals surface area contributed by atoms with Crippen molar-refractivity contribution in [2.45, 2.75) is 0 Å². The molecule has 1 aromatic carbocycles. The number of rotatable bonds is 1. The summed E-state index contributed by atoms with van der Waals surface area (Å²) < 4.78 is 1.09. The van der Waals surface area contributed by atoms with Crippen LogP contribution in [0.5, 0.6) is 5.75 Å². The van der Waals surface area contributed by atoms with E-state index in [4.69, 9.17) is 0 Å². The van der Waals surface area contributed by atoms with Crippen LogP contribution in [0.25, 0.3) is 32.5 Å². The van der Waals surface area contributed by atoms with Gasteiger partial charge in [-0.2, -0.15) is 0 Å². The molecule has 0 aliphatic rings. The van der Waals surface area contributed by atoms with E-state index in [-0.39, 0.29) is 11.3 Å². The van der Waals surface area contributed by atoms with E-state index >= 15 is 0 Å². The first-order valence-corrected chi connectivity index (χ1v) is 7.15. The lowest BCUT2D eigenvalue weighted by Crippen LogP contribution is -2.09. The molecule has 4 rings (SSSR count). The molecule has 2 N–H and O–H groups in total. The summed E-state index contributed by atoms with van der Waals surface area (Å²) in [4.78, 5) is 23.6. The third-order valence-corrected chi connectivity index (χ3v) is 4.15. The Labute approximate surface area is 122 Å². The van der Waals surface area contributed by atoms with Gasteiger partial charge in [0, 0.05) is 16.3 Å². The van der Waals surface area contributed by atoms with E-state index in [1.165, 1.54) is 12.1 Å². The first-order valence-electron chi connectivity index (χ1n) is 6.27. The standard InChI is InChI=1S/C15H9N3O2S/c19-9-1-2-11-10(5-9)15(20)18-14(17-11)12-6-13-8(7-16-12)3-4-21-13/h1-7,19H,(H,17,18,20). The highest BCUT2D eigenvalue weighted by Gasteiger charge is 2.08. The van der Waals surface area contributed by atoms with Crippen molar-refractivity contribution in [2.24, 2.45) is 0 Å². The molecule has 5 nitrogen and oxygen atoms in total. The number of hydrogen-bond acceptors (Lipinski definition) is 5. The van der Waals surface area contributed by atoms with E-state index in [0.717, 1.165) is 10.1 Å². The van der Waals surface area contributed by atoms with Gasteiger partial charge in [-0.15, -0.1) is 11.3 Å². The van der Waals surface area contributed by atoms with E-state index in [2.05, 4.69) is 15.0 Å². The number of nitrogens with zero attached hydrogens (tertiary/aromatic N) is 2. The molecule has 0 amide bonds. The second-order valence-corrected chi connectivity index (χ2v) is 5.59. The number of fused-ring (bicyclic) bond motifs is 2. The molecule has 21 heavy (non-hydrogen) atoms. The molecule has 0 fully saturated rings. The fourth-order valence-corrected chi connectivity index (χ4v) is 3.03. The maximum atomic E-state index is 12.1. The van der Waals surface area contributed by atoms with E-state index in [9.17, 15) is 9.90 Å². The number of nitrogens with one attached hydrogen (secondary N) is 1. The van der Waals surface area contributed by atoms with E-state index < -0.39 is 0 Å². The maximum Gasteiger partial charge on any atom is 0.259 e. The van der Waals surface area contributed by atoms with Crippen molar-refractivity contribution in [3.8, 4) is 17.3 Å². The average molecular weight is 295 g/mol. The van der Waals surface area contributed by atoms with Crippen LogP contribution in [0.2, 0.25) is 0 Å². The van der Waals surface area contributed by atoms with Crippen molar-refractivity contribution < 1.29 is 5.11 Å². The topological polar surface area (TPSA) is 78.9 Å². The summed E-state index contributed by atoms with van der Waals surface area (Å²) in [6.45, 7) is 0. The van der Waals surface area contributed by atoms with Crippen LogP contribution in [-0.4, -0.2) is 20.1 Å². The number of benzene rings is 1. The minimum atomic E-state index is -0.293. The first-order chi connectivity index (χ1) is 10.2. The van der Waals surface area contributed by atoms with Crippen LogP contribution in [-0.2, 0) is 0 Å². The van der Waals surface area contributed by atoms with E-state index in [0.29, 0.717) is 22.4 Å². The van der Waals surface area contributed by atoms with Gasteiger partial charge in [-0.1, -0.05) is 0 Å². The Morgan fingerprint density at radius 3 is 3.00 bits per heavy atom. The van der Waals surface area contributed by atoms with Gasteiger partial charge in [0.15, 0.2) is 5.82 Å². The van der Waals surface area contributed by atoms with Gasteiger partial charge in [0.05, 0.1) is 10.9 Å². The molecule has 0 atom stereocenters. The molecular formula is C15H9N3O2S. The van der Waals surface area contributed by atoms with Crippen LogP contribution in [0.4, 0.5) is 0 Å². The minimum Gasteiger partial charge on any atom is -0.508 e. The van der Waals surface area contributed by atoms with Gasteiger partial charge in [0.25, 0.3) is 5.56 Å². The highest BCUT2D eigenvalue weighted by molar-refractivity contribution is 7.17. The zero-order chi connectivity index (χ0) is 14.4. The third kappa shape index (κ3) is 1.96. The summed E-state index contributed by atoms with van der Waals surface area (Å²) in [5.41, 5.74) is 0.857. The molecule has 0 aliphatic carbocycles. The molecule has 0 saturated heterocycles. The summed E-state index contributed by atoms with van der Waals surface area (Å²) in [6, 6.07) is 8.43. The smallest absolute Gasteiger partial charge is 0.259 e. The summed E-state index contributed by atoms with van der Waals surface area (Å²) in [5, 5.41) is 12.9. The lowest BCUT2D eigenvalue weighted by atomic mass is 10.2. The fraction of sp³-hybridized carbons (Fsp3) is 0. The molecule has 3 aromatic heterocycles. The Bertz CT molecular complexity index is 1040. The maximum absolute atomic E-state index is 12.1. The first kappa shape index (κ1) is 12.0. The van der Waals surface area contributed by atoms with Gasteiger partial charge in [-0.05, 0) is 35.7 Å². The quantitative estimate of drug-likeness (QED) is 0.566. The lowest BCUT2D eigenvalue weighted by molar-refractivity contribution is 0.476. The Balaban J connectivity index is 1.97. The highest BCUT2D eigenvalue weighted by atomic mass is 32.1. The molecule has 0 spiro atoms. The van der Waals surface area contributed by atoms with E-state index in [1.54, 1.807) is 23.6 Å².